The molecule has 0 bridgehead atoms. The Kier molecular flexibility index (Phi) is 3.91. The van der Waals surface area contributed by atoms with Crippen molar-refractivity contribution in [2.45, 2.75) is 45.8 Å². The van der Waals surface area contributed by atoms with Crippen LogP contribution in [-0.2, 0) is 0 Å². The molecule has 0 unspecified atom stereocenters. The quantitative estimate of drug-likeness (QED) is 0.665. The van der Waals surface area contributed by atoms with Gasteiger partial charge in [-0.05, 0) is 27.7 Å². The maximum Gasteiger partial charge on any atom is 0.111 e. The van der Waals surface area contributed by atoms with Crippen LogP contribution in [0.15, 0.2) is 0 Å². The molecule has 3 heteroatoms. The molecule has 1 heterocycles. The van der Waals surface area contributed by atoms with Crippen LogP contribution in [0.3, 0.4) is 0 Å². The molecule has 0 aromatic carbocycles. The number of piperazine rings is 1. The Morgan fingerprint density at radius 1 is 1.14 bits per heavy atom. The molecule has 0 radical (unpaired) electrons. The Hall–Kier alpha value is -0.590. The van der Waals surface area contributed by atoms with Crippen molar-refractivity contribution >= 4 is 0 Å². The average molecular weight is 195 g/mol. The van der Waals surface area contributed by atoms with Crippen LogP contribution < -0.4 is 0 Å². The topological polar surface area (TPSA) is 30.3 Å². The Bertz CT molecular complexity index is 217. The van der Waals surface area contributed by atoms with E-state index in [1.807, 2.05) is 0 Å². The van der Waals surface area contributed by atoms with Gasteiger partial charge in [-0.15, -0.1) is 0 Å². The van der Waals surface area contributed by atoms with Crippen LogP contribution in [-0.4, -0.2) is 47.6 Å². The predicted molar refractivity (Wildman–Crippen MR) is 58.0 cm³/mol. The molecular formula is C11H21N3. The molecule has 14 heavy (non-hydrogen) atoms. The second kappa shape index (κ2) is 4.77. The van der Waals surface area contributed by atoms with Gasteiger partial charge in [0.25, 0.3) is 0 Å². The van der Waals surface area contributed by atoms with E-state index in [2.05, 4.69) is 43.6 Å². The maximum absolute atomic E-state index is 9.09. The molecule has 1 saturated heterocycles. The molecule has 0 spiro atoms. The Morgan fingerprint density at radius 2 is 1.79 bits per heavy atom. The highest BCUT2D eigenvalue weighted by Crippen LogP contribution is 2.14. The van der Waals surface area contributed by atoms with Crippen molar-refractivity contribution in [3.05, 3.63) is 0 Å². The number of nitriles is 1. The van der Waals surface area contributed by atoms with Crippen LogP contribution in [0, 0.1) is 11.3 Å². The fourth-order valence-electron chi connectivity index (χ4n) is 2.02. The van der Waals surface area contributed by atoms with E-state index in [-0.39, 0.29) is 6.04 Å². The van der Waals surface area contributed by atoms with Crippen LogP contribution in [0.25, 0.3) is 0 Å². The molecule has 0 saturated carbocycles. The molecule has 1 aliphatic heterocycles. The minimum Gasteiger partial charge on any atom is -0.297 e. The zero-order valence-corrected chi connectivity index (χ0v) is 9.70. The first-order valence-electron chi connectivity index (χ1n) is 5.45. The SMILES string of the molecule is CC(C)N1CCN(C(C)C)[C@H](C#N)C1. The van der Waals surface area contributed by atoms with Crippen molar-refractivity contribution in [2.75, 3.05) is 19.6 Å². The molecule has 0 aromatic rings. The van der Waals surface area contributed by atoms with Crippen molar-refractivity contribution < 1.29 is 0 Å². The van der Waals surface area contributed by atoms with E-state index in [1.54, 1.807) is 0 Å². The van der Waals surface area contributed by atoms with E-state index >= 15 is 0 Å². The van der Waals surface area contributed by atoms with Gasteiger partial charge in [0.15, 0.2) is 0 Å². The van der Waals surface area contributed by atoms with E-state index in [0.717, 1.165) is 19.6 Å². The first kappa shape index (κ1) is 11.5. The normalized spacial score (nSPS) is 25.6. The van der Waals surface area contributed by atoms with Crippen molar-refractivity contribution in [3.8, 4) is 6.07 Å². The summed E-state index contributed by atoms with van der Waals surface area (Å²) >= 11 is 0. The summed E-state index contributed by atoms with van der Waals surface area (Å²) in [4.78, 5) is 4.67. The number of hydrogen-bond donors (Lipinski definition) is 0. The van der Waals surface area contributed by atoms with Gasteiger partial charge in [-0.2, -0.15) is 5.26 Å². The number of nitrogens with zero attached hydrogens (tertiary/aromatic N) is 3. The van der Waals surface area contributed by atoms with Crippen LogP contribution >= 0.6 is 0 Å². The van der Waals surface area contributed by atoms with Gasteiger partial charge < -0.3 is 0 Å². The standard InChI is InChI=1S/C11H21N3/c1-9(2)13-5-6-14(10(3)4)11(7-12)8-13/h9-11H,5-6,8H2,1-4H3/t11-/m1/s1. The smallest absolute Gasteiger partial charge is 0.111 e. The first-order valence-corrected chi connectivity index (χ1v) is 5.45. The minimum absolute atomic E-state index is 0.0751. The predicted octanol–water partition coefficient (Wildman–Crippen LogP) is 1.31. The lowest BCUT2D eigenvalue weighted by molar-refractivity contribution is 0.0600. The third-order valence-corrected chi connectivity index (χ3v) is 3.00. The summed E-state index contributed by atoms with van der Waals surface area (Å²) in [6.45, 7) is 11.7. The lowest BCUT2D eigenvalue weighted by Gasteiger charge is -2.42. The maximum atomic E-state index is 9.09. The van der Waals surface area contributed by atoms with Crippen LogP contribution in [0.5, 0.6) is 0 Å². The van der Waals surface area contributed by atoms with E-state index < -0.39 is 0 Å². The molecule has 3 nitrogen and oxygen atoms in total. The zero-order valence-electron chi connectivity index (χ0n) is 9.70. The zero-order chi connectivity index (χ0) is 10.7. The molecule has 1 atom stereocenters. The van der Waals surface area contributed by atoms with Crippen LogP contribution in [0.1, 0.15) is 27.7 Å². The van der Waals surface area contributed by atoms with Crippen molar-refractivity contribution in [1.82, 2.24) is 9.80 Å². The molecule has 0 N–H and O–H groups in total. The summed E-state index contributed by atoms with van der Waals surface area (Å²) in [6, 6.07) is 3.52. The molecule has 1 fully saturated rings. The third kappa shape index (κ3) is 2.46. The summed E-state index contributed by atoms with van der Waals surface area (Å²) < 4.78 is 0. The fraction of sp³-hybridized carbons (Fsp3) is 0.909. The molecule has 80 valence electrons. The van der Waals surface area contributed by atoms with Gasteiger partial charge in [0.1, 0.15) is 6.04 Å². The monoisotopic (exact) mass is 195 g/mol. The van der Waals surface area contributed by atoms with E-state index in [0.29, 0.717) is 12.1 Å². The molecule has 0 aromatic heterocycles. The highest BCUT2D eigenvalue weighted by molar-refractivity contribution is 4.98. The van der Waals surface area contributed by atoms with Crippen LogP contribution in [0.2, 0.25) is 0 Å². The van der Waals surface area contributed by atoms with Gasteiger partial charge in [0.05, 0.1) is 6.07 Å². The molecular weight excluding hydrogens is 174 g/mol. The molecule has 0 amide bonds. The molecule has 1 rings (SSSR count). The molecule has 1 aliphatic rings. The Morgan fingerprint density at radius 3 is 2.21 bits per heavy atom. The van der Waals surface area contributed by atoms with Gasteiger partial charge in [-0.3, -0.25) is 9.80 Å². The van der Waals surface area contributed by atoms with Gasteiger partial charge in [-0.25, -0.2) is 0 Å². The lowest BCUT2D eigenvalue weighted by atomic mass is 10.1. The summed E-state index contributed by atoms with van der Waals surface area (Å²) in [7, 11) is 0. The summed E-state index contributed by atoms with van der Waals surface area (Å²) in [6.07, 6.45) is 0. The molecule has 0 aliphatic carbocycles. The Labute approximate surface area is 87.3 Å². The summed E-state index contributed by atoms with van der Waals surface area (Å²) in [5, 5.41) is 9.09. The van der Waals surface area contributed by atoms with Crippen LogP contribution in [0.4, 0.5) is 0 Å². The van der Waals surface area contributed by atoms with Crippen molar-refractivity contribution in [3.63, 3.8) is 0 Å². The lowest BCUT2D eigenvalue weighted by Crippen LogP contribution is -2.56. The van der Waals surface area contributed by atoms with Gasteiger partial charge in [-0.1, -0.05) is 0 Å². The largest absolute Gasteiger partial charge is 0.297 e. The minimum atomic E-state index is 0.0751. The second-order valence-corrected chi connectivity index (χ2v) is 4.57. The van der Waals surface area contributed by atoms with Crippen molar-refractivity contribution in [2.24, 2.45) is 0 Å². The van der Waals surface area contributed by atoms with Gasteiger partial charge in [0, 0.05) is 31.7 Å². The Balaban J connectivity index is 2.60. The van der Waals surface area contributed by atoms with E-state index in [9.17, 15) is 0 Å². The summed E-state index contributed by atoms with van der Waals surface area (Å²) in [5.41, 5.74) is 0. The summed E-state index contributed by atoms with van der Waals surface area (Å²) in [5.74, 6) is 0. The highest BCUT2D eigenvalue weighted by Gasteiger charge is 2.29. The van der Waals surface area contributed by atoms with E-state index in [4.69, 9.17) is 5.26 Å². The average Bonchev–Trinajstić information content (AvgIpc) is 2.16. The second-order valence-electron chi connectivity index (χ2n) is 4.57. The van der Waals surface area contributed by atoms with Gasteiger partial charge in [0.2, 0.25) is 0 Å². The highest BCUT2D eigenvalue weighted by atomic mass is 15.3. The first-order chi connectivity index (χ1) is 6.56. The number of rotatable bonds is 2. The third-order valence-electron chi connectivity index (χ3n) is 3.00. The van der Waals surface area contributed by atoms with Crippen molar-refractivity contribution in [1.29, 1.82) is 5.26 Å². The number of hydrogen-bond acceptors (Lipinski definition) is 3. The van der Waals surface area contributed by atoms with Gasteiger partial charge >= 0.3 is 0 Å². The fourth-order valence-corrected chi connectivity index (χ4v) is 2.02. The van der Waals surface area contributed by atoms with E-state index in [1.165, 1.54) is 0 Å².